The summed E-state index contributed by atoms with van der Waals surface area (Å²) in [7, 11) is -4.09. The number of aliphatic hydroxyl groups excluding tert-OH is 1. The predicted molar refractivity (Wildman–Crippen MR) is 141 cm³/mol. The molecule has 40 heavy (non-hydrogen) atoms. The highest BCUT2D eigenvalue weighted by Gasteiger charge is 2.56. The summed E-state index contributed by atoms with van der Waals surface area (Å²) >= 11 is 6.25. The second-order valence-electron chi connectivity index (χ2n) is 10.7. The maximum absolute atomic E-state index is 13.7. The average Bonchev–Trinajstić information content (AvgIpc) is 3.02. The number of nitrogens with zero attached hydrogens (tertiary/aromatic N) is 1. The van der Waals surface area contributed by atoms with Gasteiger partial charge in [0.25, 0.3) is 5.91 Å². The molecule has 0 spiro atoms. The number of hydrogen-bond donors (Lipinski definition) is 3. The maximum Gasteiger partial charge on any atom is 0.255 e. The lowest BCUT2D eigenvalue weighted by Crippen LogP contribution is -2.56. The molecule has 2 aromatic carbocycles. The minimum absolute atomic E-state index is 0.0175. The lowest BCUT2D eigenvalue weighted by Gasteiger charge is -2.45. The molecule has 0 radical (unpaired) electrons. The summed E-state index contributed by atoms with van der Waals surface area (Å²) in [6.07, 6.45) is 0.547. The van der Waals surface area contributed by atoms with Crippen molar-refractivity contribution in [2.24, 2.45) is 11.8 Å². The van der Waals surface area contributed by atoms with Crippen LogP contribution in [0.2, 0.25) is 5.02 Å². The van der Waals surface area contributed by atoms with Crippen molar-refractivity contribution in [3.8, 4) is 0 Å². The van der Waals surface area contributed by atoms with Crippen LogP contribution >= 0.6 is 11.6 Å². The van der Waals surface area contributed by atoms with E-state index in [0.29, 0.717) is 25.0 Å². The van der Waals surface area contributed by atoms with Gasteiger partial charge in [-0.25, -0.2) is 21.6 Å². The molecular formula is C27H30ClF3N2O6S. The number of halogens is 4. The largest absolute Gasteiger partial charge is 0.392 e. The van der Waals surface area contributed by atoms with Crippen LogP contribution in [0, 0.1) is 29.3 Å². The van der Waals surface area contributed by atoms with E-state index < -0.39 is 62.0 Å². The van der Waals surface area contributed by atoms with Crippen molar-refractivity contribution in [3.63, 3.8) is 0 Å². The van der Waals surface area contributed by atoms with E-state index in [2.05, 4.69) is 5.32 Å². The summed E-state index contributed by atoms with van der Waals surface area (Å²) in [5.74, 6) is -6.73. The second kappa shape index (κ2) is 11.3. The quantitative estimate of drug-likeness (QED) is 0.394. The molecule has 2 amide bonds. The second-order valence-corrected chi connectivity index (χ2v) is 13.3. The van der Waals surface area contributed by atoms with Crippen LogP contribution in [0.3, 0.4) is 0 Å². The minimum Gasteiger partial charge on any atom is -0.392 e. The Kier molecular flexibility index (Phi) is 8.56. The SMILES string of the molecule is CC(=O)N(C[C@H](C)O)CC1(O)C2CCC1CC(S(=O)(=O)c1cc(C(=O)Nc3cc(F)c(F)c(F)c3)ccc1Cl)C2. The highest BCUT2D eigenvalue weighted by Crippen LogP contribution is 2.52. The molecule has 2 fully saturated rings. The molecule has 0 saturated heterocycles. The standard InChI is InChI=1S/C27H30ClF3N2O6S/c1-14(34)12-33(15(2)35)13-27(37)17-4-5-18(27)9-20(8-17)40(38,39)24-7-16(3-6-21(24)28)26(36)32-19-10-22(29)25(31)23(30)11-19/h3,6-7,10-11,14,17-18,20,34,37H,4-5,8-9,12-13H2,1-2H3,(H,32,36)/t14-,17?,18?,20?,27?/m0/s1. The zero-order chi connectivity index (χ0) is 29.6. The van der Waals surface area contributed by atoms with Crippen molar-refractivity contribution in [2.45, 2.75) is 61.4 Å². The normalized spacial score (nSPS) is 24.9. The Morgan fingerprint density at radius 3 is 2.23 bits per heavy atom. The summed E-state index contributed by atoms with van der Waals surface area (Å²) < 4.78 is 67.8. The van der Waals surface area contributed by atoms with Crippen LogP contribution in [-0.2, 0) is 14.6 Å². The number of anilines is 1. The third-order valence-electron chi connectivity index (χ3n) is 7.93. The maximum atomic E-state index is 13.7. The molecule has 218 valence electrons. The first-order valence-electron chi connectivity index (χ1n) is 12.8. The van der Waals surface area contributed by atoms with Crippen molar-refractivity contribution in [1.82, 2.24) is 4.90 Å². The van der Waals surface area contributed by atoms with Gasteiger partial charge in [-0.15, -0.1) is 0 Å². The van der Waals surface area contributed by atoms with Gasteiger partial charge >= 0.3 is 0 Å². The fraction of sp³-hybridized carbons (Fsp3) is 0.481. The van der Waals surface area contributed by atoms with Gasteiger partial charge in [-0.3, -0.25) is 9.59 Å². The molecule has 8 nitrogen and oxygen atoms in total. The number of carbonyl (C=O) groups excluding carboxylic acids is 2. The lowest BCUT2D eigenvalue weighted by molar-refractivity contribution is -0.139. The Labute approximate surface area is 235 Å². The Morgan fingerprint density at radius 2 is 1.70 bits per heavy atom. The molecule has 4 rings (SSSR count). The van der Waals surface area contributed by atoms with Crippen molar-refractivity contribution < 1.29 is 41.4 Å². The number of nitrogens with one attached hydrogen (secondary N) is 1. The van der Waals surface area contributed by atoms with E-state index in [1.807, 2.05) is 0 Å². The highest BCUT2D eigenvalue weighted by molar-refractivity contribution is 7.92. The molecule has 2 bridgehead atoms. The number of benzene rings is 2. The Bertz CT molecular complexity index is 1400. The minimum atomic E-state index is -4.09. The van der Waals surface area contributed by atoms with Gasteiger partial charge in [-0.05, 0) is 62.6 Å². The molecule has 2 unspecified atom stereocenters. The first-order valence-corrected chi connectivity index (χ1v) is 14.7. The Morgan fingerprint density at radius 1 is 1.12 bits per heavy atom. The first-order chi connectivity index (χ1) is 18.6. The van der Waals surface area contributed by atoms with Crippen molar-refractivity contribution in [3.05, 3.63) is 58.4 Å². The number of fused-ring (bicyclic) bond motifs is 2. The van der Waals surface area contributed by atoms with E-state index in [9.17, 15) is 41.4 Å². The molecule has 0 heterocycles. The van der Waals surface area contributed by atoms with Crippen LogP contribution < -0.4 is 5.32 Å². The van der Waals surface area contributed by atoms with Crippen LogP contribution in [0.4, 0.5) is 18.9 Å². The fourth-order valence-electron chi connectivity index (χ4n) is 5.92. The molecule has 13 heteroatoms. The molecule has 0 aromatic heterocycles. The first kappa shape index (κ1) is 30.3. The van der Waals surface area contributed by atoms with Crippen LogP contribution in [0.1, 0.15) is 49.9 Å². The molecule has 2 aliphatic rings. The third kappa shape index (κ3) is 5.86. The fourth-order valence-corrected chi connectivity index (χ4v) is 8.33. The monoisotopic (exact) mass is 602 g/mol. The van der Waals surface area contributed by atoms with E-state index in [1.165, 1.54) is 30.9 Å². The van der Waals surface area contributed by atoms with E-state index in [4.69, 9.17) is 11.6 Å². The summed E-state index contributed by atoms with van der Waals surface area (Å²) in [6.45, 7) is 2.90. The molecule has 3 atom stereocenters. The summed E-state index contributed by atoms with van der Waals surface area (Å²) in [5, 5.41) is 22.5. The number of aliphatic hydroxyl groups is 2. The summed E-state index contributed by atoms with van der Waals surface area (Å²) in [4.78, 5) is 26.0. The lowest BCUT2D eigenvalue weighted by atomic mass is 9.74. The molecule has 3 N–H and O–H groups in total. The molecule has 2 aliphatic carbocycles. The van der Waals surface area contributed by atoms with Gasteiger partial charge in [0.1, 0.15) is 0 Å². The molecule has 2 aromatic rings. The summed E-state index contributed by atoms with van der Waals surface area (Å²) in [5.41, 5.74) is -1.82. The molecule has 2 saturated carbocycles. The van der Waals surface area contributed by atoms with Gasteiger partial charge in [0.05, 0.1) is 33.4 Å². The smallest absolute Gasteiger partial charge is 0.255 e. The highest BCUT2D eigenvalue weighted by atomic mass is 35.5. The zero-order valence-corrected chi connectivity index (χ0v) is 23.4. The Balaban J connectivity index is 1.56. The van der Waals surface area contributed by atoms with E-state index in [0.717, 1.165) is 6.07 Å². The third-order valence-corrected chi connectivity index (χ3v) is 10.6. The number of sulfone groups is 1. The predicted octanol–water partition coefficient (Wildman–Crippen LogP) is 3.93. The van der Waals surface area contributed by atoms with Crippen LogP contribution in [-0.4, -0.2) is 65.4 Å². The van der Waals surface area contributed by atoms with Gasteiger partial charge in [0.2, 0.25) is 5.91 Å². The van der Waals surface area contributed by atoms with Gasteiger partial charge in [-0.2, -0.15) is 0 Å². The molecule has 0 aliphatic heterocycles. The van der Waals surface area contributed by atoms with Gasteiger partial charge in [0, 0.05) is 36.9 Å². The van der Waals surface area contributed by atoms with Crippen LogP contribution in [0.25, 0.3) is 0 Å². The van der Waals surface area contributed by atoms with Crippen LogP contribution in [0.5, 0.6) is 0 Å². The number of amides is 2. The van der Waals surface area contributed by atoms with Gasteiger partial charge in [-0.1, -0.05) is 11.6 Å². The van der Waals surface area contributed by atoms with E-state index in [-0.39, 0.29) is 53.0 Å². The molecular weight excluding hydrogens is 573 g/mol. The summed E-state index contributed by atoms with van der Waals surface area (Å²) in [6, 6.07) is 4.74. The van der Waals surface area contributed by atoms with Crippen LogP contribution in [0.15, 0.2) is 35.2 Å². The average molecular weight is 603 g/mol. The van der Waals surface area contributed by atoms with E-state index in [1.54, 1.807) is 0 Å². The van der Waals surface area contributed by atoms with Gasteiger partial charge < -0.3 is 20.4 Å². The number of carbonyl (C=O) groups is 2. The number of rotatable bonds is 8. The van der Waals surface area contributed by atoms with Gasteiger partial charge in [0.15, 0.2) is 27.3 Å². The van der Waals surface area contributed by atoms with Crippen molar-refractivity contribution >= 4 is 38.9 Å². The Hall–Kier alpha value is -2.67. The van der Waals surface area contributed by atoms with Crippen molar-refractivity contribution in [2.75, 3.05) is 18.4 Å². The van der Waals surface area contributed by atoms with E-state index >= 15 is 0 Å². The topological polar surface area (TPSA) is 124 Å². The number of hydrogen-bond acceptors (Lipinski definition) is 6. The zero-order valence-electron chi connectivity index (χ0n) is 21.8. The van der Waals surface area contributed by atoms with Crippen molar-refractivity contribution in [1.29, 1.82) is 0 Å².